The number of esters is 1. The molecule has 0 spiro atoms. The lowest BCUT2D eigenvalue weighted by Gasteiger charge is -2.13. The largest absolute Gasteiger partial charge is 0.673 e. The van der Waals surface area contributed by atoms with Crippen molar-refractivity contribution in [2.24, 2.45) is 0 Å². The third-order valence-electron chi connectivity index (χ3n) is 2.66. The number of rotatable bonds is 4. The maximum Gasteiger partial charge on any atom is 0.673 e. The van der Waals surface area contributed by atoms with Gasteiger partial charge in [-0.1, -0.05) is 30.8 Å². The minimum atomic E-state index is -6.00. The van der Waals surface area contributed by atoms with Crippen LogP contribution in [0.1, 0.15) is 23.5 Å². The molecule has 0 aliphatic carbocycles. The van der Waals surface area contributed by atoms with Crippen molar-refractivity contribution in [3.05, 3.63) is 78.6 Å². The highest BCUT2D eigenvalue weighted by molar-refractivity contribution is 6.50. The zero-order valence-corrected chi connectivity index (χ0v) is 12.9. The molecule has 0 N–H and O–H groups in total. The van der Waals surface area contributed by atoms with Crippen molar-refractivity contribution >= 4 is 13.2 Å². The van der Waals surface area contributed by atoms with E-state index in [2.05, 4.69) is 6.58 Å². The highest BCUT2D eigenvalue weighted by atomic mass is 19.5. The molecule has 1 aromatic carbocycles. The summed E-state index contributed by atoms with van der Waals surface area (Å²) in [7, 11) is -6.00. The normalized spacial score (nSPS) is 11.7. The standard InChI is InChI=1S/C16H16NO2.BF4/c1-13(2)15(17-11-7-4-8-12-17)19-16(18)14-9-5-3-6-10-14;2-1(3,4)5/h3-12,15H,1H2,2H3;/q+1;-1. The molecule has 1 aromatic heterocycles. The summed E-state index contributed by atoms with van der Waals surface area (Å²) >= 11 is 0. The van der Waals surface area contributed by atoms with E-state index in [9.17, 15) is 22.1 Å². The number of ether oxygens (including phenoxy) is 1. The number of carbonyl (C=O) groups excluding carboxylic acids is 1. The van der Waals surface area contributed by atoms with Gasteiger partial charge in [-0.2, -0.15) is 4.57 Å². The molecule has 2 rings (SSSR count). The average molecular weight is 341 g/mol. The van der Waals surface area contributed by atoms with Crippen LogP contribution in [0.2, 0.25) is 0 Å². The molecule has 0 amide bonds. The minimum absolute atomic E-state index is 0.357. The zero-order valence-electron chi connectivity index (χ0n) is 12.9. The number of hydrogen-bond acceptors (Lipinski definition) is 2. The Balaban J connectivity index is 0.000000505. The Hall–Kier alpha value is -2.64. The zero-order chi connectivity index (χ0) is 18.2. The van der Waals surface area contributed by atoms with Crippen LogP contribution >= 0.6 is 0 Å². The lowest BCUT2D eigenvalue weighted by Crippen LogP contribution is -2.41. The van der Waals surface area contributed by atoms with Crippen molar-refractivity contribution in [1.82, 2.24) is 0 Å². The Labute approximate surface area is 137 Å². The number of hydrogen-bond donors (Lipinski definition) is 0. The second kappa shape index (κ2) is 8.86. The second-order valence-electron chi connectivity index (χ2n) is 4.79. The molecule has 1 unspecified atom stereocenters. The summed E-state index contributed by atoms with van der Waals surface area (Å²) in [6, 6.07) is 14.6. The first-order valence-corrected chi connectivity index (χ1v) is 6.93. The second-order valence-corrected chi connectivity index (χ2v) is 4.79. The van der Waals surface area contributed by atoms with Crippen LogP contribution in [0.5, 0.6) is 0 Å². The number of nitrogens with zero attached hydrogens (tertiary/aromatic N) is 1. The Morgan fingerprint density at radius 1 is 1.04 bits per heavy atom. The van der Waals surface area contributed by atoms with Crippen LogP contribution in [0, 0.1) is 0 Å². The summed E-state index contributed by atoms with van der Waals surface area (Å²) < 4.78 is 46.3. The van der Waals surface area contributed by atoms with Gasteiger partial charge in [0, 0.05) is 17.7 Å². The molecule has 0 saturated heterocycles. The van der Waals surface area contributed by atoms with Gasteiger partial charge in [0.05, 0.1) is 5.56 Å². The molecule has 1 heterocycles. The monoisotopic (exact) mass is 341 g/mol. The SMILES string of the molecule is C=C(C)C(OC(=O)c1ccccc1)[n+]1ccccc1.F[B-](F)(F)F. The van der Waals surface area contributed by atoms with Gasteiger partial charge in [-0.05, 0) is 19.1 Å². The molecular formula is C16H16BF4NO2. The van der Waals surface area contributed by atoms with Crippen LogP contribution in [-0.4, -0.2) is 13.2 Å². The highest BCUT2D eigenvalue weighted by Crippen LogP contribution is 2.13. The van der Waals surface area contributed by atoms with Gasteiger partial charge >= 0.3 is 19.5 Å². The predicted octanol–water partition coefficient (Wildman–Crippen LogP) is 4.21. The maximum absolute atomic E-state index is 12.1. The van der Waals surface area contributed by atoms with Crippen LogP contribution in [0.4, 0.5) is 17.3 Å². The Morgan fingerprint density at radius 3 is 1.96 bits per heavy atom. The van der Waals surface area contributed by atoms with Crippen LogP contribution in [0.3, 0.4) is 0 Å². The topological polar surface area (TPSA) is 30.2 Å². The first kappa shape index (κ1) is 19.4. The molecule has 2 aromatic rings. The fraction of sp³-hybridized carbons (Fsp3) is 0.125. The predicted molar refractivity (Wildman–Crippen MR) is 82.5 cm³/mol. The van der Waals surface area contributed by atoms with Gasteiger partial charge in [0.2, 0.25) is 0 Å². The third kappa shape index (κ3) is 7.57. The smallest absolute Gasteiger partial charge is 0.418 e. The number of pyridine rings is 1. The summed E-state index contributed by atoms with van der Waals surface area (Å²) in [5.41, 5.74) is 1.30. The van der Waals surface area contributed by atoms with Crippen molar-refractivity contribution in [3.63, 3.8) is 0 Å². The first-order chi connectivity index (χ1) is 11.2. The Kier molecular flexibility index (Phi) is 7.16. The van der Waals surface area contributed by atoms with Gasteiger partial charge < -0.3 is 22.0 Å². The third-order valence-corrected chi connectivity index (χ3v) is 2.66. The molecular weight excluding hydrogens is 325 g/mol. The Bertz CT molecular complexity index is 657. The molecule has 0 aliphatic rings. The summed E-state index contributed by atoms with van der Waals surface area (Å²) in [4.78, 5) is 12.1. The van der Waals surface area contributed by atoms with Crippen molar-refractivity contribution in [2.45, 2.75) is 13.2 Å². The van der Waals surface area contributed by atoms with E-state index in [0.29, 0.717) is 5.56 Å². The molecule has 0 radical (unpaired) electrons. The average Bonchev–Trinajstić information content (AvgIpc) is 2.52. The molecule has 8 heteroatoms. The van der Waals surface area contributed by atoms with Crippen LogP contribution in [0.15, 0.2) is 73.1 Å². The van der Waals surface area contributed by atoms with Crippen molar-refractivity contribution < 1.29 is 31.4 Å². The van der Waals surface area contributed by atoms with Gasteiger partial charge in [0.1, 0.15) is 0 Å². The number of aromatic nitrogens is 1. The molecule has 128 valence electrons. The van der Waals surface area contributed by atoms with E-state index in [-0.39, 0.29) is 5.97 Å². The van der Waals surface area contributed by atoms with Gasteiger partial charge in [-0.25, -0.2) is 4.79 Å². The molecule has 1 atom stereocenters. The number of benzene rings is 1. The van der Waals surface area contributed by atoms with Gasteiger partial charge in [-0.3, -0.25) is 0 Å². The minimum Gasteiger partial charge on any atom is -0.418 e. The lowest BCUT2D eigenvalue weighted by atomic mass is 10.2. The number of carbonyl (C=O) groups is 1. The van der Waals surface area contributed by atoms with Crippen LogP contribution in [0.25, 0.3) is 0 Å². The van der Waals surface area contributed by atoms with E-state index in [1.54, 1.807) is 12.1 Å². The summed E-state index contributed by atoms with van der Waals surface area (Å²) in [6.07, 6.45) is 3.20. The van der Waals surface area contributed by atoms with Gasteiger partial charge in [-0.15, -0.1) is 0 Å². The molecule has 0 saturated carbocycles. The van der Waals surface area contributed by atoms with E-state index in [0.717, 1.165) is 5.57 Å². The first-order valence-electron chi connectivity index (χ1n) is 6.93. The fourth-order valence-corrected chi connectivity index (χ4v) is 1.73. The van der Waals surface area contributed by atoms with Gasteiger partial charge in [0.25, 0.3) is 0 Å². The summed E-state index contributed by atoms with van der Waals surface area (Å²) in [6.45, 7) is 5.72. The fourth-order valence-electron chi connectivity index (χ4n) is 1.73. The number of halogens is 4. The van der Waals surface area contributed by atoms with Crippen LogP contribution < -0.4 is 4.57 Å². The molecule has 24 heavy (non-hydrogen) atoms. The molecule has 0 fully saturated rings. The van der Waals surface area contributed by atoms with Crippen molar-refractivity contribution in [3.8, 4) is 0 Å². The molecule has 0 bridgehead atoms. The Morgan fingerprint density at radius 2 is 1.50 bits per heavy atom. The lowest BCUT2D eigenvalue weighted by molar-refractivity contribution is -0.747. The van der Waals surface area contributed by atoms with Crippen LogP contribution in [-0.2, 0) is 4.74 Å². The quantitative estimate of drug-likeness (QED) is 0.274. The summed E-state index contributed by atoms with van der Waals surface area (Å²) in [5, 5.41) is 0. The molecule has 3 nitrogen and oxygen atoms in total. The van der Waals surface area contributed by atoms with Gasteiger partial charge in [0.15, 0.2) is 12.4 Å². The summed E-state index contributed by atoms with van der Waals surface area (Å²) in [5.74, 6) is -0.357. The van der Waals surface area contributed by atoms with Crippen molar-refractivity contribution in [2.75, 3.05) is 0 Å². The highest BCUT2D eigenvalue weighted by Gasteiger charge is 2.24. The van der Waals surface area contributed by atoms with E-state index in [4.69, 9.17) is 4.74 Å². The van der Waals surface area contributed by atoms with Crippen molar-refractivity contribution in [1.29, 1.82) is 0 Å². The van der Waals surface area contributed by atoms with E-state index in [1.807, 2.05) is 60.3 Å². The van der Waals surface area contributed by atoms with E-state index in [1.165, 1.54) is 0 Å². The maximum atomic E-state index is 12.1. The van der Waals surface area contributed by atoms with E-state index >= 15 is 0 Å². The van der Waals surface area contributed by atoms with E-state index < -0.39 is 13.5 Å². The molecule has 0 aliphatic heterocycles.